The van der Waals surface area contributed by atoms with Crippen LogP contribution < -0.4 is 20.4 Å². The third kappa shape index (κ3) is 11.8. The van der Waals surface area contributed by atoms with Crippen molar-refractivity contribution in [3.05, 3.63) is 144 Å². The van der Waals surface area contributed by atoms with Crippen LogP contribution in [0, 0.1) is 0 Å². The number of amides is 4. The van der Waals surface area contributed by atoms with E-state index in [0.717, 1.165) is 84.1 Å². The minimum Gasteiger partial charge on any atom is -0.353 e. The van der Waals surface area contributed by atoms with Crippen LogP contribution >= 0.6 is 0 Å². The molecule has 0 bridgehead atoms. The number of pyridine rings is 2. The monoisotopic (exact) mass is 860 g/mol. The molecule has 0 atom stereocenters. The minimum absolute atomic E-state index is 0.0727. The highest BCUT2D eigenvalue weighted by molar-refractivity contribution is 6.07. The van der Waals surface area contributed by atoms with Gasteiger partial charge in [-0.2, -0.15) is 0 Å². The van der Waals surface area contributed by atoms with Gasteiger partial charge in [0.1, 0.15) is 11.6 Å². The first-order valence-electron chi connectivity index (χ1n) is 22.8. The Morgan fingerprint density at radius 1 is 0.531 bits per heavy atom. The molecule has 2 N–H and O–H groups in total. The first-order valence-corrected chi connectivity index (χ1v) is 22.8. The fraction of sp³-hybridized carbons (Fsp3) is 0.346. The van der Waals surface area contributed by atoms with Gasteiger partial charge in [0.25, 0.3) is 17.7 Å². The van der Waals surface area contributed by atoms with Crippen LogP contribution in [0.5, 0.6) is 0 Å². The van der Waals surface area contributed by atoms with Crippen LogP contribution in [0.3, 0.4) is 0 Å². The molecule has 4 heterocycles. The summed E-state index contributed by atoms with van der Waals surface area (Å²) in [7, 11) is 0. The molecule has 0 radical (unpaired) electrons. The summed E-state index contributed by atoms with van der Waals surface area (Å²) in [6.45, 7) is 11.2. The Morgan fingerprint density at radius 3 is 1.67 bits per heavy atom. The van der Waals surface area contributed by atoms with Gasteiger partial charge < -0.3 is 30.2 Å². The fourth-order valence-corrected chi connectivity index (χ4v) is 8.12. The smallest absolute Gasteiger partial charge is 0.254 e. The standard InChI is InChI=1S/C27H32N4O2.C25H28N4O2/c1-2-3-6-13-28-27(33)24-11-12-25(29-20-24)30-14-16-31(17-15-30)26(32)19-21-9-10-22-7-4-5-8-23(22)18-21;1-2-3-13-26-24(30)20-11-12-23(27-18-20)28-14-16-29(17-15-28)25(31)22-10-6-8-19-7-4-5-9-21(19)22/h4-5,7-12,18,20H,2-3,6,13-17,19H2,1H3,(H,28,33);4-12,18H,2-3,13-17H2,1H3,(H,26,30). The molecule has 332 valence electrons. The maximum absolute atomic E-state index is 13.1. The molecular weight excluding hydrogens is 801 g/mol. The van der Waals surface area contributed by atoms with Gasteiger partial charge in [0.2, 0.25) is 5.91 Å². The second-order valence-corrected chi connectivity index (χ2v) is 16.4. The van der Waals surface area contributed by atoms with Crippen LogP contribution in [0.1, 0.15) is 82.6 Å². The molecule has 2 fully saturated rings. The average molecular weight is 861 g/mol. The van der Waals surface area contributed by atoms with Gasteiger partial charge in [-0.15, -0.1) is 0 Å². The van der Waals surface area contributed by atoms with E-state index >= 15 is 0 Å². The second-order valence-electron chi connectivity index (χ2n) is 16.4. The van der Waals surface area contributed by atoms with Gasteiger partial charge >= 0.3 is 0 Å². The Balaban J connectivity index is 0.000000192. The van der Waals surface area contributed by atoms with Gasteiger partial charge in [-0.25, -0.2) is 9.97 Å². The topological polar surface area (TPSA) is 131 Å². The zero-order valence-corrected chi connectivity index (χ0v) is 37.2. The molecule has 0 saturated carbocycles. The number of carbonyl (C=O) groups is 4. The summed E-state index contributed by atoms with van der Waals surface area (Å²) >= 11 is 0. The number of anilines is 2. The van der Waals surface area contributed by atoms with Crippen LogP contribution in [0.2, 0.25) is 0 Å². The lowest BCUT2D eigenvalue weighted by Crippen LogP contribution is -2.49. The normalized spacial score (nSPS) is 13.9. The highest BCUT2D eigenvalue weighted by atomic mass is 16.2. The van der Waals surface area contributed by atoms with E-state index in [1.54, 1.807) is 12.4 Å². The Morgan fingerprint density at radius 2 is 1.08 bits per heavy atom. The predicted octanol–water partition coefficient (Wildman–Crippen LogP) is 7.77. The summed E-state index contributed by atoms with van der Waals surface area (Å²) < 4.78 is 0. The number of fused-ring (bicyclic) bond motifs is 2. The highest BCUT2D eigenvalue weighted by Crippen LogP contribution is 2.23. The SMILES string of the molecule is CCCCCNC(=O)c1ccc(N2CCN(C(=O)Cc3ccc4ccccc4c3)CC2)nc1.CCCCNC(=O)c1ccc(N2CCN(C(=O)c3cccc4ccccc34)CC2)nc1. The van der Waals surface area contributed by atoms with Crippen LogP contribution in [0.25, 0.3) is 21.5 Å². The summed E-state index contributed by atoms with van der Waals surface area (Å²) in [6, 6.07) is 35.7. The molecule has 12 heteroatoms. The molecule has 2 saturated heterocycles. The van der Waals surface area contributed by atoms with Crippen LogP contribution in [-0.2, 0) is 11.2 Å². The first kappa shape index (κ1) is 45.2. The molecule has 2 aliphatic rings. The molecule has 2 aliphatic heterocycles. The van der Waals surface area contributed by atoms with Crippen molar-refractivity contribution in [3.8, 4) is 0 Å². The number of nitrogens with one attached hydrogen (secondary N) is 2. The van der Waals surface area contributed by atoms with Crippen molar-refractivity contribution in [2.75, 3.05) is 75.2 Å². The van der Waals surface area contributed by atoms with Crippen LogP contribution in [0.4, 0.5) is 11.6 Å². The van der Waals surface area contributed by atoms with E-state index in [0.29, 0.717) is 69.9 Å². The summed E-state index contributed by atoms with van der Waals surface area (Å²) in [5.41, 5.74) is 2.96. The molecule has 0 unspecified atom stereocenters. The molecule has 64 heavy (non-hydrogen) atoms. The van der Waals surface area contributed by atoms with E-state index in [4.69, 9.17) is 0 Å². The lowest BCUT2D eigenvalue weighted by Gasteiger charge is -2.35. The Labute approximate surface area is 376 Å². The number of hydrogen-bond acceptors (Lipinski definition) is 8. The van der Waals surface area contributed by atoms with Crippen molar-refractivity contribution in [3.63, 3.8) is 0 Å². The first-order chi connectivity index (χ1) is 31.3. The maximum atomic E-state index is 13.1. The molecule has 6 aromatic rings. The van der Waals surface area contributed by atoms with Crippen molar-refractivity contribution >= 4 is 56.8 Å². The van der Waals surface area contributed by atoms with E-state index in [-0.39, 0.29) is 23.6 Å². The third-order valence-electron chi connectivity index (χ3n) is 11.9. The van der Waals surface area contributed by atoms with Gasteiger partial charge in [-0.05, 0) is 70.3 Å². The van der Waals surface area contributed by atoms with Crippen molar-refractivity contribution in [2.24, 2.45) is 0 Å². The average Bonchev–Trinajstić information content (AvgIpc) is 3.35. The summed E-state index contributed by atoms with van der Waals surface area (Å²) in [4.78, 5) is 67.5. The van der Waals surface area contributed by atoms with Crippen molar-refractivity contribution in [1.29, 1.82) is 0 Å². The number of rotatable bonds is 14. The quantitative estimate of drug-likeness (QED) is 0.106. The Hall–Kier alpha value is -6.82. The third-order valence-corrected chi connectivity index (χ3v) is 11.9. The van der Waals surface area contributed by atoms with Gasteiger partial charge in [0.05, 0.1) is 17.5 Å². The number of nitrogens with zero attached hydrogens (tertiary/aromatic N) is 6. The van der Waals surface area contributed by atoms with E-state index in [1.165, 1.54) is 5.39 Å². The van der Waals surface area contributed by atoms with Crippen molar-refractivity contribution in [2.45, 2.75) is 52.4 Å². The zero-order valence-electron chi connectivity index (χ0n) is 37.2. The molecule has 4 amide bonds. The Bertz CT molecular complexity index is 2490. The van der Waals surface area contributed by atoms with E-state index in [9.17, 15) is 19.2 Å². The maximum Gasteiger partial charge on any atom is 0.254 e. The van der Waals surface area contributed by atoms with Crippen molar-refractivity contribution < 1.29 is 19.2 Å². The lowest BCUT2D eigenvalue weighted by molar-refractivity contribution is -0.130. The largest absolute Gasteiger partial charge is 0.353 e. The fourth-order valence-electron chi connectivity index (χ4n) is 8.12. The molecule has 2 aromatic heterocycles. The number of piperazine rings is 2. The summed E-state index contributed by atoms with van der Waals surface area (Å²) in [5, 5.41) is 10.3. The van der Waals surface area contributed by atoms with Gasteiger partial charge in [0.15, 0.2) is 0 Å². The van der Waals surface area contributed by atoms with Gasteiger partial charge in [-0.3, -0.25) is 19.2 Å². The van der Waals surface area contributed by atoms with Gasteiger partial charge in [0, 0.05) is 83.4 Å². The predicted molar refractivity (Wildman–Crippen MR) is 256 cm³/mol. The molecular formula is C52H60N8O4. The lowest BCUT2D eigenvalue weighted by atomic mass is 10.0. The molecule has 8 rings (SSSR count). The highest BCUT2D eigenvalue weighted by Gasteiger charge is 2.25. The number of hydrogen-bond donors (Lipinski definition) is 2. The molecule has 12 nitrogen and oxygen atoms in total. The van der Waals surface area contributed by atoms with Crippen LogP contribution in [-0.4, -0.2) is 109 Å². The molecule has 0 aliphatic carbocycles. The number of aromatic nitrogens is 2. The van der Waals surface area contributed by atoms with E-state index in [2.05, 4.69) is 68.5 Å². The van der Waals surface area contributed by atoms with E-state index in [1.807, 2.05) is 94.7 Å². The summed E-state index contributed by atoms with van der Waals surface area (Å²) in [5.74, 6) is 1.75. The van der Waals surface area contributed by atoms with Gasteiger partial charge in [-0.1, -0.05) is 112 Å². The number of benzene rings is 4. The summed E-state index contributed by atoms with van der Waals surface area (Å²) in [6.07, 6.45) is 8.96. The van der Waals surface area contributed by atoms with E-state index < -0.39 is 0 Å². The molecule has 4 aromatic carbocycles. The van der Waals surface area contributed by atoms with Crippen LogP contribution in [0.15, 0.2) is 122 Å². The second kappa shape index (κ2) is 22.5. The van der Waals surface area contributed by atoms with Crippen molar-refractivity contribution in [1.82, 2.24) is 30.4 Å². The minimum atomic E-state index is -0.0852. The number of carbonyl (C=O) groups excluding carboxylic acids is 4. The zero-order chi connectivity index (χ0) is 44.7. The number of unbranched alkanes of at least 4 members (excludes halogenated alkanes) is 3. The molecule has 0 spiro atoms. The Kier molecular flexibility index (Phi) is 15.9.